The Hall–Kier alpha value is -0.770. The van der Waals surface area contributed by atoms with Crippen molar-refractivity contribution in [1.82, 2.24) is 5.32 Å². The molecule has 0 aliphatic carbocycles. The fraction of sp³-hybridized carbons (Fsp3) is 0.500. The Morgan fingerprint density at radius 1 is 1.55 bits per heavy atom. The van der Waals surface area contributed by atoms with Crippen LogP contribution in [-0.4, -0.2) is 24.5 Å². The topological polar surface area (TPSA) is 55.4 Å². The van der Waals surface area contributed by atoms with Crippen molar-refractivity contribution in [2.45, 2.75) is 6.42 Å². The van der Waals surface area contributed by atoms with Crippen LogP contribution in [0.5, 0.6) is 0 Å². The van der Waals surface area contributed by atoms with Gasteiger partial charge in [0, 0.05) is 0 Å². The van der Waals surface area contributed by atoms with Crippen molar-refractivity contribution in [3.8, 4) is 0 Å². The van der Waals surface area contributed by atoms with E-state index in [2.05, 4.69) is 11.7 Å². The lowest BCUT2D eigenvalue weighted by Gasteiger charge is -2.01. The molecule has 0 saturated carbocycles. The van der Waals surface area contributed by atoms with E-state index in [0.717, 1.165) is 0 Å². The van der Waals surface area contributed by atoms with Gasteiger partial charge in [-0.2, -0.15) is 0 Å². The highest BCUT2D eigenvalue weighted by molar-refractivity contribution is 6.28. The van der Waals surface area contributed by atoms with Gasteiger partial charge in [-0.3, -0.25) is 10.1 Å². The Balaban J connectivity index is 3.44. The number of hydrogen-bond donors (Lipinski definition) is 1. The molecule has 1 N–H and O–H groups in total. The first-order valence-corrected chi connectivity index (χ1v) is 3.56. The summed E-state index contributed by atoms with van der Waals surface area (Å²) in [6.45, 7) is 3.64. The molecule has 0 aliphatic rings. The molecule has 0 saturated heterocycles. The van der Waals surface area contributed by atoms with Crippen LogP contribution in [0.25, 0.3) is 0 Å². The summed E-state index contributed by atoms with van der Waals surface area (Å²) < 4.78 is 4.47. The molecular weight excluding hydrogens is 170 g/mol. The highest BCUT2D eigenvalue weighted by Crippen LogP contribution is 1.82. The third-order valence-electron chi connectivity index (χ3n) is 0.740. The Kier molecular flexibility index (Phi) is 5.56. The van der Waals surface area contributed by atoms with Gasteiger partial charge in [0.25, 0.3) is 0 Å². The molecule has 0 fully saturated rings. The lowest BCUT2D eigenvalue weighted by Crippen LogP contribution is -2.31. The van der Waals surface area contributed by atoms with Gasteiger partial charge in [-0.1, -0.05) is 0 Å². The third kappa shape index (κ3) is 5.66. The molecule has 63 valence electrons. The average molecular weight is 179 g/mol. The molecule has 4 nitrogen and oxygen atoms in total. The second-order valence-electron chi connectivity index (χ2n) is 1.67. The first-order chi connectivity index (χ1) is 5.20. The number of hydrogen-bond acceptors (Lipinski definition) is 3. The van der Waals surface area contributed by atoms with Crippen LogP contribution in [-0.2, 0) is 9.53 Å². The van der Waals surface area contributed by atoms with E-state index in [1.54, 1.807) is 0 Å². The zero-order valence-electron chi connectivity index (χ0n) is 5.93. The summed E-state index contributed by atoms with van der Waals surface area (Å²) >= 11 is 5.10. The van der Waals surface area contributed by atoms with Crippen LogP contribution in [0, 0.1) is 6.92 Å². The third-order valence-corrected chi connectivity index (χ3v) is 0.983. The molecule has 0 aromatic rings. The number of carbonyl (C=O) groups excluding carboxylic acids is 2. The molecule has 0 unspecified atom stereocenters. The molecule has 0 spiro atoms. The zero-order valence-corrected chi connectivity index (χ0v) is 6.69. The minimum Gasteiger partial charge on any atom is -0.449 e. The molecule has 11 heavy (non-hydrogen) atoms. The minimum absolute atomic E-state index is 0.196. The summed E-state index contributed by atoms with van der Waals surface area (Å²) in [5.41, 5.74) is 0. The van der Waals surface area contributed by atoms with Gasteiger partial charge in [-0.15, -0.1) is 11.6 Å². The minimum atomic E-state index is -0.778. The molecular formula is C6H9ClNO3. The first kappa shape index (κ1) is 10.2. The van der Waals surface area contributed by atoms with Gasteiger partial charge in [0.15, 0.2) is 0 Å². The largest absolute Gasteiger partial charge is 0.449 e. The Bertz CT molecular complexity index is 149. The van der Waals surface area contributed by atoms with Gasteiger partial charge in [0.05, 0.1) is 6.61 Å². The van der Waals surface area contributed by atoms with Crippen LogP contribution in [0.2, 0.25) is 0 Å². The number of carbonyl (C=O) groups is 2. The summed E-state index contributed by atoms with van der Waals surface area (Å²) in [5.74, 6) is -0.819. The van der Waals surface area contributed by atoms with Crippen molar-refractivity contribution < 1.29 is 14.3 Å². The maximum absolute atomic E-state index is 10.5. The second kappa shape index (κ2) is 5.97. The summed E-state index contributed by atoms with van der Waals surface area (Å²) in [5, 5.41) is 1.90. The quantitative estimate of drug-likeness (QED) is 0.648. The van der Waals surface area contributed by atoms with Crippen molar-refractivity contribution in [2.75, 3.05) is 12.5 Å². The van der Waals surface area contributed by atoms with Crippen molar-refractivity contribution in [1.29, 1.82) is 0 Å². The van der Waals surface area contributed by atoms with Gasteiger partial charge >= 0.3 is 6.09 Å². The van der Waals surface area contributed by atoms with Crippen molar-refractivity contribution in [2.24, 2.45) is 0 Å². The van der Waals surface area contributed by atoms with Gasteiger partial charge in [0.2, 0.25) is 5.91 Å². The number of alkyl carbamates (subject to hydrolysis) is 1. The summed E-state index contributed by atoms with van der Waals surface area (Å²) in [4.78, 5) is 21.0. The van der Waals surface area contributed by atoms with E-state index in [4.69, 9.17) is 11.6 Å². The molecule has 2 amide bonds. The number of imide groups is 1. The predicted molar refractivity (Wildman–Crippen MR) is 40.2 cm³/mol. The van der Waals surface area contributed by atoms with Gasteiger partial charge in [-0.25, -0.2) is 4.79 Å². The molecule has 0 rings (SSSR count). The van der Waals surface area contributed by atoms with Crippen molar-refractivity contribution in [3.63, 3.8) is 0 Å². The van der Waals surface area contributed by atoms with E-state index in [1.165, 1.54) is 0 Å². The van der Waals surface area contributed by atoms with E-state index in [0.29, 0.717) is 6.42 Å². The molecule has 0 heterocycles. The van der Waals surface area contributed by atoms with Crippen LogP contribution < -0.4 is 5.32 Å². The number of nitrogens with one attached hydrogen (secondary N) is 1. The van der Waals surface area contributed by atoms with E-state index >= 15 is 0 Å². The van der Waals surface area contributed by atoms with Crippen molar-refractivity contribution >= 4 is 23.6 Å². The molecule has 0 atom stereocenters. The Morgan fingerprint density at radius 2 is 2.18 bits per heavy atom. The standard InChI is InChI=1S/C6H9ClNO3/c1-2-3-11-6(10)8-5(9)4-7/h1-4H2,(H,8,9,10). The summed E-state index contributed by atoms with van der Waals surface area (Å²) in [7, 11) is 0. The molecule has 0 aromatic carbocycles. The number of alkyl halides is 1. The second-order valence-corrected chi connectivity index (χ2v) is 1.94. The number of halogens is 1. The highest BCUT2D eigenvalue weighted by Gasteiger charge is 2.05. The molecule has 5 heteroatoms. The highest BCUT2D eigenvalue weighted by atomic mass is 35.5. The van der Waals surface area contributed by atoms with E-state index in [-0.39, 0.29) is 12.5 Å². The van der Waals surface area contributed by atoms with Crippen LogP contribution in [0.3, 0.4) is 0 Å². The Morgan fingerprint density at radius 3 is 2.64 bits per heavy atom. The summed E-state index contributed by atoms with van der Waals surface area (Å²) in [6, 6.07) is 0. The van der Waals surface area contributed by atoms with Gasteiger partial charge < -0.3 is 4.74 Å². The zero-order chi connectivity index (χ0) is 8.69. The lowest BCUT2D eigenvalue weighted by atomic mass is 10.5. The lowest BCUT2D eigenvalue weighted by molar-refractivity contribution is -0.118. The predicted octanol–water partition coefficient (Wildman–Crippen LogP) is 0.702. The van der Waals surface area contributed by atoms with Crippen LogP contribution in [0.15, 0.2) is 0 Å². The normalized spacial score (nSPS) is 8.91. The van der Waals surface area contributed by atoms with Crippen LogP contribution >= 0.6 is 11.6 Å². The first-order valence-electron chi connectivity index (χ1n) is 3.02. The van der Waals surface area contributed by atoms with Gasteiger partial charge in [0.1, 0.15) is 5.88 Å². The number of rotatable bonds is 3. The SMILES string of the molecule is [CH2]CCOC(=O)NC(=O)CCl. The van der Waals surface area contributed by atoms with E-state index in [1.807, 2.05) is 5.32 Å². The summed E-state index contributed by atoms with van der Waals surface area (Å²) in [6.07, 6.45) is -0.304. The molecule has 0 aliphatic heterocycles. The molecule has 1 radical (unpaired) electrons. The smallest absolute Gasteiger partial charge is 0.413 e. The number of amides is 2. The van der Waals surface area contributed by atoms with E-state index in [9.17, 15) is 9.59 Å². The Labute approximate surface area is 69.9 Å². The molecule has 0 bridgehead atoms. The average Bonchev–Trinajstić information content (AvgIpc) is 2.00. The maximum Gasteiger partial charge on any atom is 0.413 e. The monoisotopic (exact) mass is 178 g/mol. The van der Waals surface area contributed by atoms with Crippen LogP contribution in [0.4, 0.5) is 4.79 Å². The molecule has 0 aromatic heterocycles. The van der Waals surface area contributed by atoms with E-state index < -0.39 is 12.0 Å². The fourth-order valence-electron chi connectivity index (χ4n) is 0.348. The van der Waals surface area contributed by atoms with Crippen LogP contribution in [0.1, 0.15) is 6.42 Å². The van der Waals surface area contributed by atoms with Crippen molar-refractivity contribution in [3.05, 3.63) is 6.92 Å². The maximum atomic E-state index is 10.5. The fourth-order valence-corrected chi connectivity index (χ4v) is 0.415. The number of ether oxygens (including phenoxy) is 1. The van der Waals surface area contributed by atoms with Gasteiger partial charge in [-0.05, 0) is 13.3 Å².